The maximum absolute atomic E-state index is 12.8. The molecule has 0 spiro atoms. The molecule has 1 atom stereocenters. The van der Waals surface area contributed by atoms with Crippen LogP contribution in [0.25, 0.3) is 0 Å². The summed E-state index contributed by atoms with van der Waals surface area (Å²) in [5, 5.41) is 7.04. The van der Waals surface area contributed by atoms with Crippen molar-refractivity contribution >= 4 is 23.6 Å². The predicted molar refractivity (Wildman–Crippen MR) is 100 cm³/mol. The van der Waals surface area contributed by atoms with Gasteiger partial charge in [-0.1, -0.05) is 17.3 Å². The monoisotopic (exact) mass is 373 g/mol. The van der Waals surface area contributed by atoms with Crippen LogP contribution in [0.3, 0.4) is 0 Å². The van der Waals surface area contributed by atoms with Gasteiger partial charge in [0.2, 0.25) is 5.91 Å². The van der Waals surface area contributed by atoms with Crippen molar-refractivity contribution in [3.8, 4) is 0 Å². The van der Waals surface area contributed by atoms with Crippen LogP contribution in [0.4, 0.5) is 0 Å². The third kappa shape index (κ3) is 4.09. The molecule has 2 heterocycles. The van der Waals surface area contributed by atoms with Gasteiger partial charge in [-0.05, 0) is 32.4 Å². The Kier molecular flexibility index (Phi) is 5.66. The van der Waals surface area contributed by atoms with E-state index in [1.54, 1.807) is 23.7 Å². The zero-order chi connectivity index (χ0) is 18.7. The number of thioether (sulfide) groups is 1. The Morgan fingerprint density at radius 2 is 2.15 bits per heavy atom. The Morgan fingerprint density at radius 1 is 1.38 bits per heavy atom. The van der Waals surface area contributed by atoms with E-state index in [1.165, 1.54) is 0 Å². The molecular formula is C19H23N3O3S. The lowest BCUT2D eigenvalue weighted by Crippen LogP contribution is -2.48. The lowest BCUT2D eigenvalue weighted by molar-refractivity contribution is -0.132. The number of aryl methyl sites for hydroxylation is 2. The molecule has 1 N–H and O–H groups in total. The molecule has 1 aromatic heterocycles. The van der Waals surface area contributed by atoms with Crippen molar-refractivity contribution < 1.29 is 14.1 Å². The average Bonchev–Trinajstić information content (AvgIpc) is 2.94. The molecule has 7 heteroatoms. The van der Waals surface area contributed by atoms with Crippen LogP contribution in [-0.2, 0) is 10.5 Å². The highest BCUT2D eigenvalue weighted by molar-refractivity contribution is 7.98. The van der Waals surface area contributed by atoms with Gasteiger partial charge >= 0.3 is 0 Å². The maximum Gasteiger partial charge on any atom is 0.252 e. The molecule has 2 aromatic rings. The van der Waals surface area contributed by atoms with Crippen LogP contribution in [0.2, 0.25) is 0 Å². The summed E-state index contributed by atoms with van der Waals surface area (Å²) in [5.41, 5.74) is 2.60. The Balaban J connectivity index is 1.68. The van der Waals surface area contributed by atoms with E-state index < -0.39 is 0 Å². The van der Waals surface area contributed by atoms with Crippen LogP contribution in [0.5, 0.6) is 0 Å². The Bertz CT molecular complexity index is 799. The van der Waals surface area contributed by atoms with Crippen LogP contribution in [-0.4, -0.2) is 41.5 Å². The number of piperidine rings is 1. The van der Waals surface area contributed by atoms with Gasteiger partial charge < -0.3 is 14.7 Å². The predicted octanol–water partition coefficient (Wildman–Crippen LogP) is 2.93. The number of hydrogen-bond donors (Lipinski definition) is 1. The number of nitrogens with one attached hydrogen (secondary N) is 1. The second-order valence-corrected chi connectivity index (χ2v) is 7.59. The Labute approximate surface area is 157 Å². The van der Waals surface area contributed by atoms with E-state index in [9.17, 15) is 9.59 Å². The average molecular weight is 373 g/mol. The molecule has 26 heavy (non-hydrogen) atoms. The van der Waals surface area contributed by atoms with Gasteiger partial charge in [0, 0.05) is 42.3 Å². The SMILES string of the molecule is Cc1noc(C)c1CSc1ccccc1C(=O)NC1CCC(=O)N(C)C1. The summed E-state index contributed by atoms with van der Waals surface area (Å²) in [5.74, 6) is 1.55. The number of benzene rings is 1. The summed E-state index contributed by atoms with van der Waals surface area (Å²) in [6.07, 6.45) is 1.16. The van der Waals surface area contributed by atoms with Gasteiger partial charge in [0.15, 0.2) is 0 Å². The first-order chi connectivity index (χ1) is 12.5. The van der Waals surface area contributed by atoms with Crippen molar-refractivity contribution in [3.05, 3.63) is 46.8 Å². The van der Waals surface area contributed by atoms with E-state index in [4.69, 9.17) is 4.52 Å². The van der Waals surface area contributed by atoms with Crippen LogP contribution < -0.4 is 5.32 Å². The molecular weight excluding hydrogens is 350 g/mol. The number of likely N-dealkylation sites (tertiary alicyclic amines) is 1. The van der Waals surface area contributed by atoms with E-state index in [1.807, 2.05) is 38.1 Å². The Morgan fingerprint density at radius 3 is 2.85 bits per heavy atom. The summed E-state index contributed by atoms with van der Waals surface area (Å²) in [6.45, 7) is 4.38. The second kappa shape index (κ2) is 7.95. The topological polar surface area (TPSA) is 75.4 Å². The van der Waals surface area contributed by atoms with Crippen molar-refractivity contribution in [3.63, 3.8) is 0 Å². The van der Waals surface area contributed by atoms with E-state index in [2.05, 4.69) is 10.5 Å². The maximum atomic E-state index is 12.8. The molecule has 0 bridgehead atoms. The highest BCUT2D eigenvalue weighted by Gasteiger charge is 2.25. The molecule has 1 unspecified atom stereocenters. The quantitative estimate of drug-likeness (QED) is 0.816. The molecule has 1 aliphatic heterocycles. The smallest absolute Gasteiger partial charge is 0.252 e. The fourth-order valence-corrected chi connectivity index (χ4v) is 4.23. The minimum atomic E-state index is -0.0976. The van der Waals surface area contributed by atoms with Gasteiger partial charge in [-0.2, -0.15) is 0 Å². The standard InChI is InChI=1S/C19H23N3O3S/c1-12-16(13(2)25-21-12)11-26-17-7-5-4-6-15(17)19(24)20-14-8-9-18(23)22(3)10-14/h4-7,14H,8-11H2,1-3H3,(H,20,24). The first kappa shape index (κ1) is 18.5. The van der Waals surface area contributed by atoms with Crippen LogP contribution >= 0.6 is 11.8 Å². The fourth-order valence-electron chi connectivity index (χ4n) is 3.03. The molecule has 1 fully saturated rings. The summed E-state index contributed by atoms with van der Waals surface area (Å²) >= 11 is 1.60. The van der Waals surface area contributed by atoms with Crippen molar-refractivity contribution in [1.29, 1.82) is 0 Å². The van der Waals surface area contributed by atoms with Gasteiger partial charge in [-0.15, -0.1) is 11.8 Å². The van der Waals surface area contributed by atoms with E-state index in [0.717, 1.165) is 21.9 Å². The molecule has 0 aliphatic carbocycles. The molecule has 2 amide bonds. The number of carbonyl (C=O) groups is 2. The largest absolute Gasteiger partial charge is 0.361 e. The third-order valence-electron chi connectivity index (χ3n) is 4.65. The zero-order valence-corrected chi connectivity index (χ0v) is 16.1. The van der Waals surface area contributed by atoms with Gasteiger partial charge in [0.05, 0.1) is 11.3 Å². The number of rotatable bonds is 5. The lowest BCUT2D eigenvalue weighted by Gasteiger charge is -2.30. The number of nitrogens with zero attached hydrogens (tertiary/aromatic N) is 2. The molecule has 1 aromatic carbocycles. The zero-order valence-electron chi connectivity index (χ0n) is 15.2. The molecule has 3 rings (SSSR count). The molecule has 0 radical (unpaired) electrons. The van der Waals surface area contributed by atoms with Crippen LogP contribution in [0.15, 0.2) is 33.7 Å². The number of carbonyl (C=O) groups excluding carboxylic acids is 2. The van der Waals surface area contributed by atoms with Gasteiger partial charge in [-0.25, -0.2) is 0 Å². The molecule has 1 saturated heterocycles. The first-order valence-corrected chi connectivity index (χ1v) is 9.62. The number of hydrogen-bond acceptors (Lipinski definition) is 5. The van der Waals surface area contributed by atoms with Crippen molar-refractivity contribution in [2.45, 2.75) is 43.4 Å². The van der Waals surface area contributed by atoms with Gasteiger partial charge in [0.1, 0.15) is 5.76 Å². The minimum absolute atomic E-state index is 0.00850. The summed E-state index contributed by atoms with van der Waals surface area (Å²) in [7, 11) is 1.77. The summed E-state index contributed by atoms with van der Waals surface area (Å²) in [6, 6.07) is 7.58. The van der Waals surface area contributed by atoms with E-state index in [-0.39, 0.29) is 17.9 Å². The fraction of sp³-hybridized carbons (Fsp3) is 0.421. The molecule has 1 aliphatic rings. The van der Waals surface area contributed by atoms with Crippen molar-refractivity contribution in [2.75, 3.05) is 13.6 Å². The third-order valence-corrected chi connectivity index (χ3v) is 5.75. The minimum Gasteiger partial charge on any atom is -0.361 e. The lowest BCUT2D eigenvalue weighted by atomic mass is 10.1. The molecule has 0 saturated carbocycles. The van der Waals surface area contributed by atoms with Gasteiger partial charge in [-0.3, -0.25) is 9.59 Å². The molecule has 138 valence electrons. The van der Waals surface area contributed by atoms with Crippen LogP contribution in [0.1, 0.15) is 40.2 Å². The Hall–Kier alpha value is -2.28. The summed E-state index contributed by atoms with van der Waals surface area (Å²) < 4.78 is 5.21. The van der Waals surface area contributed by atoms with E-state index in [0.29, 0.717) is 30.7 Å². The number of amides is 2. The first-order valence-electron chi connectivity index (χ1n) is 8.64. The van der Waals surface area contributed by atoms with Crippen molar-refractivity contribution in [2.24, 2.45) is 0 Å². The number of likely N-dealkylation sites (N-methyl/N-ethyl adjacent to an activating group) is 1. The highest BCUT2D eigenvalue weighted by Crippen LogP contribution is 2.29. The van der Waals surface area contributed by atoms with Crippen LogP contribution in [0, 0.1) is 13.8 Å². The van der Waals surface area contributed by atoms with Crippen molar-refractivity contribution in [1.82, 2.24) is 15.4 Å². The highest BCUT2D eigenvalue weighted by atomic mass is 32.2. The summed E-state index contributed by atoms with van der Waals surface area (Å²) in [4.78, 5) is 27.0. The van der Waals surface area contributed by atoms with Gasteiger partial charge in [0.25, 0.3) is 5.91 Å². The molecule has 6 nitrogen and oxygen atoms in total. The second-order valence-electron chi connectivity index (χ2n) is 6.57. The number of aromatic nitrogens is 1. The normalized spacial score (nSPS) is 17.4. The van der Waals surface area contributed by atoms with E-state index >= 15 is 0 Å².